The van der Waals surface area contributed by atoms with Gasteiger partial charge in [0.05, 0.1) is 19.1 Å². The zero-order valence-electron chi connectivity index (χ0n) is 26.0. The smallest absolute Gasteiger partial charge is 0.243 e. The van der Waals surface area contributed by atoms with E-state index in [2.05, 4.69) is 12.2 Å². The molecule has 0 aliphatic carbocycles. The van der Waals surface area contributed by atoms with Crippen LogP contribution in [0.1, 0.15) is 54.9 Å². The molecular formula is C34H45N3O5S. The van der Waals surface area contributed by atoms with Crippen LogP contribution in [-0.2, 0) is 32.6 Å². The summed E-state index contributed by atoms with van der Waals surface area (Å²) in [7, 11) is -1.99. The van der Waals surface area contributed by atoms with Gasteiger partial charge in [-0.2, -0.15) is 0 Å². The Morgan fingerprint density at radius 2 is 1.58 bits per heavy atom. The lowest BCUT2D eigenvalue weighted by Gasteiger charge is -2.32. The molecule has 0 saturated carbocycles. The zero-order valence-corrected chi connectivity index (χ0v) is 26.8. The van der Waals surface area contributed by atoms with Crippen LogP contribution in [0.2, 0.25) is 0 Å². The number of nitrogens with one attached hydrogen (secondary N) is 1. The number of nitrogens with zero attached hydrogens (tertiary/aromatic N) is 2. The van der Waals surface area contributed by atoms with Crippen molar-refractivity contribution in [3.05, 3.63) is 95.1 Å². The van der Waals surface area contributed by atoms with E-state index >= 15 is 0 Å². The maximum Gasteiger partial charge on any atom is 0.243 e. The number of amides is 2. The lowest BCUT2D eigenvalue weighted by molar-refractivity contribution is -0.141. The molecule has 0 spiro atoms. The van der Waals surface area contributed by atoms with Gasteiger partial charge in [-0.05, 0) is 73.2 Å². The van der Waals surface area contributed by atoms with Crippen LogP contribution in [-0.4, -0.2) is 57.6 Å². The van der Waals surface area contributed by atoms with Crippen molar-refractivity contribution >= 4 is 27.5 Å². The maximum atomic E-state index is 14.0. The fourth-order valence-corrected chi connectivity index (χ4v) is 6.08. The number of sulfonamides is 1. The minimum Gasteiger partial charge on any atom is -0.497 e. The predicted molar refractivity (Wildman–Crippen MR) is 173 cm³/mol. The van der Waals surface area contributed by atoms with E-state index in [1.54, 1.807) is 12.0 Å². The fourth-order valence-electron chi connectivity index (χ4n) is 5.13. The lowest BCUT2D eigenvalue weighted by Crippen LogP contribution is -2.50. The molecule has 0 fully saturated rings. The molecule has 0 radical (unpaired) electrons. The van der Waals surface area contributed by atoms with E-state index in [0.717, 1.165) is 35.1 Å². The average molecular weight is 608 g/mol. The Hall–Kier alpha value is -3.85. The third kappa shape index (κ3) is 10.4. The first-order valence-corrected chi connectivity index (χ1v) is 16.7. The highest BCUT2D eigenvalue weighted by Gasteiger charge is 2.30. The molecule has 3 aromatic rings. The van der Waals surface area contributed by atoms with Gasteiger partial charge in [0.25, 0.3) is 0 Å². The SMILES string of the molecule is CCCCNC(=O)C(Cc1ccccc1)N(Cc1cccc(OC)c1)C(=O)CCCN(c1cc(C)cc(C)c1)S(C)(=O)=O. The Bertz CT molecular complexity index is 1440. The van der Waals surface area contributed by atoms with Crippen molar-refractivity contribution in [3.8, 4) is 5.75 Å². The van der Waals surface area contributed by atoms with Crippen molar-refractivity contribution in [2.75, 3.05) is 30.8 Å². The van der Waals surface area contributed by atoms with Crippen LogP contribution < -0.4 is 14.4 Å². The Morgan fingerprint density at radius 3 is 2.21 bits per heavy atom. The van der Waals surface area contributed by atoms with Crippen molar-refractivity contribution < 1.29 is 22.7 Å². The van der Waals surface area contributed by atoms with Gasteiger partial charge in [0.1, 0.15) is 11.8 Å². The Morgan fingerprint density at radius 1 is 0.907 bits per heavy atom. The van der Waals surface area contributed by atoms with Gasteiger partial charge in [-0.3, -0.25) is 13.9 Å². The molecule has 1 unspecified atom stereocenters. The summed E-state index contributed by atoms with van der Waals surface area (Å²) in [5.41, 5.74) is 4.28. The molecular weight excluding hydrogens is 562 g/mol. The highest BCUT2D eigenvalue weighted by molar-refractivity contribution is 7.92. The van der Waals surface area contributed by atoms with Crippen LogP contribution in [0.25, 0.3) is 0 Å². The number of anilines is 1. The van der Waals surface area contributed by atoms with E-state index in [9.17, 15) is 18.0 Å². The second kappa shape index (κ2) is 16.1. The Labute approximate surface area is 257 Å². The highest BCUT2D eigenvalue weighted by atomic mass is 32.2. The number of methoxy groups -OCH3 is 1. The number of benzene rings is 3. The van der Waals surface area contributed by atoms with Gasteiger partial charge in [0.15, 0.2) is 0 Å². The molecule has 0 bridgehead atoms. The van der Waals surface area contributed by atoms with Crippen LogP contribution >= 0.6 is 0 Å². The van der Waals surface area contributed by atoms with Gasteiger partial charge < -0.3 is 15.0 Å². The summed E-state index contributed by atoms with van der Waals surface area (Å²) in [6.45, 7) is 6.80. The lowest BCUT2D eigenvalue weighted by atomic mass is 10.0. The number of hydrogen-bond donors (Lipinski definition) is 1. The molecule has 8 nitrogen and oxygen atoms in total. The summed E-state index contributed by atoms with van der Waals surface area (Å²) < 4.78 is 32.3. The van der Waals surface area contributed by atoms with Crippen molar-refractivity contribution in [3.63, 3.8) is 0 Å². The van der Waals surface area contributed by atoms with E-state index in [1.165, 1.54) is 10.6 Å². The first-order chi connectivity index (χ1) is 20.5. The van der Waals surface area contributed by atoms with E-state index in [1.807, 2.05) is 86.6 Å². The van der Waals surface area contributed by atoms with E-state index in [-0.39, 0.29) is 31.3 Å². The van der Waals surface area contributed by atoms with Crippen molar-refractivity contribution in [2.24, 2.45) is 0 Å². The number of carbonyl (C=O) groups excluding carboxylic acids is 2. The molecule has 0 saturated heterocycles. The molecule has 0 aliphatic heterocycles. The van der Waals surface area contributed by atoms with Gasteiger partial charge in [-0.25, -0.2) is 8.42 Å². The first kappa shape index (κ1) is 33.6. The van der Waals surface area contributed by atoms with Gasteiger partial charge in [0.2, 0.25) is 21.8 Å². The number of rotatable bonds is 16. The molecule has 232 valence electrons. The van der Waals surface area contributed by atoms with E-state index in [4.69, 9.17) is 4.74 Å². The molecule has 2 amide bonds. The predicted octanol–water partition coefficient (Wildman–Crippen LogP) is 5.41. The largest absolute Gasteiger partial charge is 0.497 e. The summed E-state index contributed by atoms with van der Waals surface area (Å²) in [5.74, 6) is 0.235. The molecule has 9 heteroatoms. The van der Waals surface area contributed by atoms with Crippen LogP contribution in [0, 0.1) is 13.8 Å². The molecule has 0 heterocycles. The zero-order chi connectivity index (χ0) is 31.4. The highest BCUT2D eigenvalue weighted by Crippen LogP contribution is 2.23. The van der Waals surface area contributed by atoms with Crippen molar-refractivity contribution in [2.45, 2.75) is 65.5 Å². The van der Waals surface area contributed by atoms with Crippen LogP contribution in [0.15, 0.2) is 72.8 Å². The molecule has 1 atom stereocenters. The summed E-state index contributed by atoms with van der Waals surface area (Å²) >= 11 is 0. The van der Waals surface area contributed by atoms with Gasteiger partial charge in [0, 0.05) is 32.5 Å². The van der Waals surface area contributed by atoms with Crippen molar-refractivity contribution in [1.29, 1.82) is 0 Å². The molecule has 0 aliphatic rings. The molecule has 1 N–H and O–H groups in total. The first-order valence-electron chi connectivity index (χ1n) is 14.8. The normalized spacial score (nSPS) is 11.9. The standard InChI is InChI=1S/C34H45N3O5S/c1-6-7-18-35-34(39)32(24-28-13-9-8-10-14-28)36(25-29-15-11-16-31(23-29)42-4)33(38)17-12-19-37(43(5,40)41)30-21-26(2)20-27(3)22-30/h8-11,13-16,20-23,32H,6-7,12,17-19,24-25H2,1-5H3,(H,35,39). The maximum absolute atomic E-state index is 14.0. The van der Waals surface area contributed by atoms with E-state index in [0.29, 0.717) is 30.8 Å². The second-order valence-electron chi connectivity index (χ2n) is 11.0. The molecule has 43 heavy (non-hydrogen) atoms. The summed E-state index contributed by atoms with van der Waals surface area (Å²) in [5, 5.41) is 3.03. The number of hydrogen-bond acceptors (Lipinski definition) is 5. The van der Waals surface area contributed by atoms with Crippen LogP contribution in [0.4, 0.5) is 5.69 Å². The molecule has 0 aromatic heterocycles. The monoisotopic (exact) mass is 607 g/mol. The minimum atomic E-state index is -3.58. The third-order valence-electron chi connectivity index (χ3n) is 7.23. The quantitative estimate of drug-likeness (QED) is 0.220. The number of aryl methyl sites for hydroxylation is 2. The fraction of sp³-hybridized carbons (Fsp3) is 0.412. The second-order valence-corrected chi connectivity index (χ2v) is 12.9. The minimum absolute atomic E-state index is 0.0777. The number of ether oxygens (including phenoxy) is 1. The Balaban J connectivity index is 1.90. The third-order valence-corrected chi connectivity index (χ3v) is 8.43. The topological polar surface area (TPSA) is 96.0 Å². The summed E-state index contributed by atoms with van der Waals surface area (Å²) in [6.07, 6.45) is 3.68. The Kier molecular flexibility index (Phi) is 12.6. The number of unbranched alkanes of at least 4 members (excludes halogenated alkanes) is 1. The van der Waals surface area contributed by atoms with E-state index < -0.39 is 16.1 Å². The van der Waals surface area contributed by atoms with Gasteiger partial charge in [-0.15, -0.1) is 0 Å². The number of carbonyl (C=O) groups is 2. The van der Waals surface area contributed by atoms with Gasteiger partial charge >= 0.3 is 0 Å². The van der Waals surface area contributed by atoms with Crippen LogP contribution in [0.3, 0.4) is 0 Å². The summed E-state index contributed by atoms with van der Waals surface area (Å²) in [4.78, 5) is 29.2. The van der Waals surface area contributed by atoms with Gasteiger partial charge in [-0.1, -0.05) is 61.9 Å². The average Bonchev–Trinajstić information content (AvgIpc) is 2.96. The summed E-state index contributed by atoms with van der Waals surface area (Å²) in [6, 6.07) is 22.0. The molecule has 3 rings (SSSR count). The van der Waals surface area contributed by atoms with Crippen LogP contribution in [0.5, 0.6) is 5.75 Å². The van der Waals surface area contributed by atoms with Crippen molar-refractivity contribution in [1.82, 2.24) is 10.2 Å². The molecule has 3 aromatic carbocycles.